The number of carbonyl (C=O) groups excluding carboxylic acids is 2. The van der Waals surface area contributed by atoms with Crippen LogP contribution in [0.5, 0.6) is 0 Å². The molecule has 0 aliphatic rings. The smallest absolute Gasteiger partial charge is 0.253 e. The van der Waals surface area contributed by atoms with Crippen LogP contribution in [-0.2, 0) is 4.79 Å². The third-order valence-corrected chi connectivity index (χ3v) is 4.79. The summed E-state index contributed by atoms with van der Waals surface area (Å²) in [6.45, 7) is -0.260. The predicted molar refractivity (Wildman–Crippen MR) is 112 cm³/mol. The van der Waals surface area contributed by atoms with Gasteiger partial charge >= 0.3 is 0 Å². The molecule has 0 spiro atoms. The first kappa shape index (κ1) is 20.8. The lowest BCUT2D eigenvalue weighted by atomic mass is 9.98. The van der Waals surface area contributed by atoms with Crippen LogP contribution in [-0.4, -0.2) is 18.4 Å². The average molecular weight is 431 g/mol. The highest BCUT2D eigenvalue weighted by atomic mass is 35.5. The van der Waals surface area contributed by atoms with Gasteiger partial charge in [0, 0.05) is 5.02 Å². The number of benzene rings is 3. The van der Waals surface area contributed by atoms with Crippen molar-refractivity contribution in [3.8, 4) is 0 Å². The third-order valence-electron chi connectivity index (χ3n) is 4.23. The number of carbonyl (C=O) groups is 2. The lowest BCUT2D eigenvalue weighted by Crippen LogP contribution is -2.39. The number of hydrogen-bond donors (Lipinski definition) is 2. The molecule has 1 unspecified atom stereocenters. The van der Waals surface area contributed by atoms with E-state index < -0.39 is 17.8 Å². The van der Waals surface area contributed by atoms with Gasteiger partial charge in [-0.1, -0.05) is 65.7 Å². The molecule has 0 saturated heterocycles. The molecule has 2 N–H and O–H groups in total. The zero-order chi connectivity index (χ0) is 20.8. The Balaban J connectivity index is 1.70. The van der Waals surface area contributed by atoms with Crippen molar-refractivity contribution >= 4 is 35.0 Å². The van der Waals surface area contributed by atoms with Crippen LogP contribution in [0.2, 0.25) is 10.0 Å². The Morgan fingerprint density at radius 2 is 1.55 bits per heavy atom. The number of halogens is 3. The summed E-state index contributed by atoms with van der Waals surface area (Å²) in [6, 6.07) is 19.6. The largest absolute Gasteiger partial charge is 0.344 e. The molecular formula is C22H17Cl2FN2O2. The van der Waals surface area contributed by atoms with Crippen LogP contribution < -0.4 is 10.6 Å². The first-order valence-electron chi connectivity index (χ1n) is 8.77. The van der Waals surface area contributed by atoms with Crippen LogP contribution >= 0.6 is 23.2 Å². The molecule has 0 saturated carbocycles. The topological polar surface area (TPSA) is 58.2 Å². The fourth-order valence-corrected chi connectivity index (χ4v) is 3.18. The monoisotopic (exact) mass is 430 g/mol. The molecule has 2 amide bonds. The SMILES string of the molecule is O=C(CNC(=O)c1ccc(F)cc1Cl)NC(c1ccccc1)c1ccc(Cl)cc1. The van der Waals surface area contributed by atoms with Gasteiger partial charge in [0.25, 0.3) is 5.91 Å². The Bertz CT molecular complexity index is 1010. The molecule has 0 aliphatic heterocycles. The lowest BCUT2D eigenvalue weighted by molar-refractivity contribution is -0.120. The first-order valence-corrected chi connectivity index (χ1v) is 9.52. The number of hydrogen-bond acceptors (Lipinski definition) is 2. The van der Waals surface area contributed by atoms with E-state index in [1.807, 2.05) is 42.5 Å². The zero-order valence-electron chi connectivity index (χ0n) is 15.2. The van der Waals surface area contributed by atoms with E-state index in [1.54, 1.807) is 12.1 Å². The molecule has 3 aromatic rings. The van der Waals surface area contributed by atoms with E-state index >= 15 is 0 Å². The van der Waals surface area contributed by atoms with E-state index in [2.05, 4.69) is 10.6 Å². The Hall–Kier alpha value is -2.89. The molecule has 3 aromatic carbocycles. The summed E-state index contributed by atoms with van der Waals surface area (Å²) in [6.07, 6.45) is 0. The highest BCUT2D eigenvalue weighted by molar-refractivity contribution is 6.33. The summed E-state index contributed by atoms with van der Waals surface area (Å²) >= 11 is 11.8. The summed E-state index contributed by atoms with van der Waals surface area (Å²) in [5, 5.41) is 5.98. The highest BCUT2D eigenvalue weighted by Crippen LogP contribution is 2.23. The first-order chi connectivity index (χ1) is 13.9. The molecule has 0 radical (unpaired) electrons. The van der Waals surface area contributed by atoms with Gasteiger partial charge in [0.15, 0.2) is 0 Å². The second-order valence-electron chi connectivity index (χ2n) is 6.27. The van der Waals surface area contributed by atoms with Crippen LogP contribution in [0.4, 0.5) is 4.39 Å². The van der Waals surface area contributed by atoms with Crippen molar-refractivity contribution in [2.24, 2.45) is 0 Å². The molecule has 7 heteroatoms. The minimum absolute atomic E-state index is 0.0220. The molecule has 4 nitrogen and oxygen atoms in total. The van der Waals surface area contributed by atoms with Crippen molar-refractivity contribution < 1.29 is 14.0 Å². The quantitative estimate of drug-likeness (QED) is 0.591. The summed E-state index contributed by atoms with van der Waals surface area (Å²) in [7, 11) is 0. The van der Waals surface area contributed by atoms with Crippen LogP contribution in [0, 0.1) is 5.82 Å². The fourth-order valence-electron chi connectivity index (χ4n) is 2.80. The van der Waals surface area contributed by atoms with Gasteiger partial charge < -0.3 is 10.6 Å². The standard InChI is InChI=1S/C22H17Cl2FN2O2/c23-16-8-6-15(7-9-16)21(14-4-2-1-3-5-14)27-20(28)13-26-22(29)18-11-10-17(25)12-19(18)24/h1-12,21H,13H2,(H,26,29)(H,27,28). The molecular weight excluding hydrogens is 414 g/mol. The van der Waals surface area contributed by atoms with Crippen molar-refractivity contribution in [2.75, 3.05) is 6.54 Å². The van der Waals surface area contributed by atoms with Crippen molar-refractivity contribution in [2.45, 2.75) is 6.04 Å². The molecule has 0 fully saturated rings. The maximum Gasteiger partial charge on any atom is 0.253 e. The van der Waals surface area contributed by atoms with Crippen molar-refractivity contribution in [1.29, 1.82) is 0 Å². The van der Waals surface area contributed by atoms with E-state index in [9.17, 15) is 14.0 Å². The molecule has 0 bridgehead atoms. The van der Waals surface area contributed by atoms with Crippen LogP contribution in [0.1, 0.15) is 27.5 Å². The summed E-state index contributed by atoms with van der Waals surface area (Å²) in [5.74, 6) is -1.49. The minimum atomic E-state index is -0.562. The molecule has 0 heterocycles. The predicted octanol–water partition coefficient (Wildman–Crippen LogP) is 4.77. The Labute approximate surface area is 177 Å². The summed E-state index contributed by atoms with van der Waals surface area (Å²) in [5.41, 5.74) is 1.83. The second-order valence-corrected chi connectivity index (χ2v) is 7.11. The Morgan fingerprint density at radius 1 is 0.897 bits per heavy atom. The van der Waals surface area contributed by atoms with Gasteiger partial charge in [-0.15, -0.1) is 0 Å². The summed E-state index contributed by atoms with van der Waals surface area (Å²) < 4.78 is 13.1. The van der Waals surface area contributed by atoms with Crippen molar-refractivity contribution in [3.05, 3.63) is 105 Å². The van der Waals surface area contributed by atoms with Gasteiger partial charge in [-0.05, 0) is 41.5 Å². The van der Waals surface area contributed by atoms with E-state index in [0.29, 0.717) is 5.02 Å². The number of nitrogens with one attached hydrogen (secondary N) is 2. The van der Waals surface area contributed by atoms with Crippen LogP contribution in [0.15, 0.2) is 72.8 Å². The molecule has 148 valence electrons. The van der Waals surface area contributed by atoms with Crippen molar-refractivity contribution in [1.82, 2.24) is 10.6 Å². The Morgan fingerprint density at radius 3 is 2.21 bits per heavy atom. The Kier molecular flexibility index (Phi) is 6.86. The lowest BCUT2D eigenvalue weighted by Gasteiger charge is -2.20. The number of rotatable bonds is 6. The summed E-state index contributed by atoms with van der Waals surface area (Å²) in [4.78, 5) is 24.7. The second kappa shape index (κ2) is 9.54. The molecule has 0 aromatic heterocycles. The maximum absolute atomic E-state index is 13.1. The average Bonchev–Trinajstić information content (AvgIpc) is 2.71. The van der Waals surface area contributed by atoms with E-state index in [4.69, 9.17) is 23.2 Å². The maximum atomic E-state index is 13.1. The van der Waals surface area contributed by atoms with Crippen molar-refractivity contribution in [3.63, 3.8) is 0 Å². The molecule has 3 rings (SSSR count). The van der Waals surface area contributed by atoms with E-state index in [-0.39, 0.29) is 23.0 Å². The van der Waals surface area contributed by atoms with Gasteiger partial charge in [-0.25, -0.2) is 4.39 Å². The van der Waals surface area contributed by atoms with Gasteiger partial charge in [0.2, 0.25) is 5.91 Å². The number of amides is 2. The van der Waals surface area contributed by atoms with Gasteiger partial charge in [-0.3, -0.25) is 9.59 Å². The van der Waals surface area contributed by atoms with Gasteiger partial charge in [0.05, 0.1) is 23.2 Å². The molecule has 0 aliphatic carbocycles. The van der Waals surface area contributed by atoms with Gasteiger partial charge in [-0.2, -0.15) is 0 Å². The minimum Gasteiger partial charge on any atom is -0.344 e. The van der Waals surface area contributed by atoms with Crippen LogP contribution in [0.3, 0.4) is 0 Å². The third kappa shape index (κ3) is 5.56. The van der Waals surface area contributed by atoms with E-state index in [0.717, 1.165) is 23.3 Å². The zero-order valence-corrected chi connectivity index (χ0v) is 16.7. The fraction of sp³-hybridized carbons (Fsp3) is 0.0909. The highest BCUT2D eigenvalue weighted by Gasteiger charge is 2.18. The normalized spacial score (nSPS) is 11.6. The molecule has 29 heavy (non-hydrogen) atoms. The molecule has 1 atom stereocenters. The van der Waals surface area contributed by atoms with Gasteiger partial charge in [0.1, 0.15) is 5.82 Å². The van der Waals surface area contributed by atoms with E-state index in [1.165, 1.54) is 6.07 Å². The van der Waals surface area contributed by atoms with Crippen LogP contribution in [0.25, 0.3) is 0 Å².